The van der Waals surface area contributed by atoms with Crippen molar-refractivity contribution in [2.45, 2.75) is 32.1 Å². The number of rotatable bonds is 6. The van der Waals surface area contributed by atoms with E-state index in [1.54, 1.807) is 24.3 Å². The van der Waals surface area contributed by atoms with Crippen molar-refractivity contribution in [3.63, 3.8) is 0 Å². The first kappa shape index (κ1) is 21.6. The van der Waals surface area contributed by atoms with Crippen LogP contribution in [-0.4, -0.2) is 38.4 Å². The average Bonchev–Trinajstić information content (AvgIpc) is 3.12. The second-order valence-electron chi connectivity index (χ2n) is 8.37. The SMILES string of the molecule is Nc1c(C(=O)NCCC2=CCCCC2)c2nc3ccccc3nc2n1/N=C\c1ccccc1O. The normalized spacial score (nSPS) is 14.1. The monoisotopic (exact) mass is 454 g/mol. The first-order valence-electron chi connectivity index (χ1n) is 11.5. The van der Waals surface area contributed by atoms with Crippen LogP contribution in [0.5, 0.6) is 5.75 Å². The molecule has 0 fully saturated rings. The van der Waals surface area contributed by atoms with Crippen LogP contribution in [0.25, 0.3) is 22.2 Å². The van der Waals surface area contributed by atoms with Crippen LogP contribution in [0.1, 0.15) is 48.0 Å². The Hall–Kier alpha value is -4.20. The highest BCUT2D eigenvalue weighted by Crippen LogP contribution is 2.28. The van der Waals surface area contributed by atoms with Crippen molar-refractivity contribution in [1.82, 2.24) is 20.0 Å². The van der Waals surface area contributed by atoms with E-state index in [1.165, 1.54) is 29.3 Å². The van der Waals surface area contributed by atoms with Crippen LogP contribution in [0.3, 0.4) is 0 Å². The number of phenols is 1. The van der Waals surface area contributed by atoms with Crippen LogP contribution in [0.2, 0.25) is 0 Å². The molecular weight excluding hydrogens is 428 g/mol. The molecule has 5 rings (SSSR count). The van der Waals surface area contributed by atoms with Gasteiger partial charge in [-0.15, -0.1) is 0 Å². The molecule has 8 nitrogen and oxygen atoms in total. The van der Waals surface area contributed by atoms with Crippen molar-refractivity contribution in [1.29, 1.82) is 0 Å². The number of nitrogens with zero attached hydrogens (tertiary/aromatic N) is 4. The summed E-state index contributed by atoms with van der Waals surface area (Å²) in [4.78, 5) is 22.6. The van der Waals surface area contributed by atoms with E-state index in [1.807, 2.05) is 24.3 Å². The highest BCUT2D eigenvalue weighted by Gasteiger charge is 2.24. The summed E-state index contributed by atoms with van der Waals surface area (Å²) in [7, 11) is 0. The van der Waals surface area contributed by atoms with E-state index in [0.717, 1.165) is 19.3 Å². The second-order valence-corrected chi connectivity index (χ2v) is 8.37. The molecule has 0 radical (unpaired) electrons. The van der Waals surface area contributed by atoms with Gasteiger partial charge in [0.15, 0.2) is 5.65 Å². The molecule has 172 valence electrons. The van der Waals surface area contributed by atoms with Gasteiger partial charge in [0.25, 0.3) is 5.91 Å². The standard InChI is InChI=1S/C26H26N6O2/c27-24-22(26(34)28-15-14-17-8-2-1-3-9-17)23-25(31-20-12-6-5-11-19(20)30-23)32(24)29-16-18-10-4-7-13-21(18)33/h4-8,10-13,16,33H,1-3,9,14-15,27H2,(H,28,34)/b29-16-. The van der Waals surface area contributed by atoms with Gasteiger partial charge in [0.1, 0.15) is 22.6 Å². The molecule has 0 saturated carbocycles. The lowest BCUT2D eigenvalue weighted by Gasteiger charge is -2.12. The minimum absolute atomic E-state index is 0.0906. The zero-order valence-corrected chi connectivity index (χ0v) is 18.7. The fourth-order valence-corrected chi connectivity index (χ4v) is 4.26. The van der Waals surface area contributed by atoms with Crippen molar-refractivity contribution in [2.75, 3.05) is 12.3 Å². The third-order valence-electron chi connectivity index (χ3n) is 6.07. The zero-order valence-electron chi connectivity index (χ0n) is 18.7. The Morgan fingerprint density at radius 3 is 2.65 bits per heavy atom. The quantitative estimate of drug-likeness (QED) is 0.295. The van der Waals surface area contributed by atoms with Crippen LogP contribution in [0.15, 0.2) is 65.3 Å². The molecule has 2 aromatic carbocycles. The largest absolute Gasteiger partial charge is 0.507 e. The number of amides is 1. The number of phenolic OH excluding ortho intramolecular Hbond substituents is 1. The predicted octanol–water partition coefficient (Wildman–Crippen LogP) is 4.37. The van der Waals surface area contributed by atoms with Gasteiger partial charge in [-0.1, -0.05) is 35.9 Å². The van der Waals surface area contributed by atoms with Gasteiger partial charge in [0, 0.05) is 12.1 Å². The van der Waals surface area contributed by atoms with Crippen molar-refractivity contribution < 1.29 is 9.90 Å². The van der Waals surface area contributed by atoms with E-state index in [0.29, 0.717) is 34.3 Å². The second kappa shape index (κ2) is 9.35. The predicted molar refractivity (Wildman–Crippen MR) is 134 cm³/mol. The summed E-state index contributed by atoms with van der Waals surface area (Å²) in [5.41, 5.74) is 10.7. The van der Waals surface area contributed by atoms with Crippen LogP contribution in [0, 0.1) is 0 Å². The number of anilines is 1. The van der Waals surface area contributed by atoms with E-state index in [9.17, 15) is 9.90 Å². The maximum atomic E-state index is 13.2. The summed E-state index contributed by atoms with van der Waals surface area (Å²) in [5.74, 6) is -0.0702. The lowest BCUT2D eigenvalue weighted by Crippen LogP contribution is -2.25. The lowest BCUT2D eigenvalue weighted by atomic mass is 9.97. The Kier molecular flexibility index (Phi) is 5.95. The topological polar surface area (TPSA) is 118 Å². The number of hydrogen-bond donors (Lipinski definition) is 3. The first-order chi connectivity index (χ1) is 16.6. The molecule has 1 amide bonds. The molecule has 1 aliphatic rings. The van der Waals surface area contributed by atoms with E-state index >= 15 is 0 Å². The molecule has 0 bridgehead atoms. The number of para-hydroxylation sites is 3. The van der Waals surface area contributed by atoms with Crippen LogP contribution >= 0.6 is 0 Å². The van der Waals surface area contributed by atoms with Crippen molar-refractivity contribution in [2.24, 2.45) is 5.10 Å². The number of nitrogens with one attached hydrogen (secondary N) is 1. The lowest BCUT2D eigenvalue weighted by molar-refractivity contribution is 0.0956. The Labute approximate surface area is 196 Å². The Balaban J connectivity index is 1.53. The summed E-state index contributed by atoms with van der Waals surface area (Å²) < 4.78 is 1.40. The number of nitrogens with two attached hydrogens (primary N) is 1. The molecule has 0 spiro atoms. The van der Waals surface area contributed by atoms with Crippen LogP contribution < -0.4 is 11.1 Å². The number of nitrogen functional groups attached to an aromatic ring is 1. The summed E-state index contributed by atoms with van der Waals surface area (Å²) in [6.45, 7) is 0.527. The minimum atomic E-state index is -0.306. The number of allylic oxidation sites excluding steroid dienone is 1. The number of aromatic nitrogens is 3. The Morgan fingerprint density at radius 2 is 1.88 bits per heavy atom. The summed E-state index contributed by atoms with van der Waals surface area (Å²) >= 11 is 0. The number of carbonyl (C=O) groups is 1. The molecule has 0 unspecified atom stereocenters. The van der Waals surface area contributed by atoms with E-state index in [-0.39, 0.29) is 23.0 Å². The molecule has 1 aliphatic carbocycles. The molecule has 0 saturated heterocycles. The van der Waals surface area contributed by atoms with E-state index < -0.39 is 0 Å². The number of carbonyl (C=O) groups excluding carboxylic acids is 1. The van der Waals surface area contributed by atoms with Gasteiger partial charge in [-0.25, -0.2) is 9.97 Å². The summed E-state index contributed by atoms with van der Waals surface area (Å²) in [6, 6.07) is 14.3. The molecule has 2 heterocycles. The number of fused-ring (bicyclic) bond motifs is 2. The van der Waals surface area contributed by atoms with Crippen LogP contribution in [0.4, 0.5) is 5.82 Å². The fraction of sp³-hybridized carbons (Fsp3) is 0.231. The van der Waals surface area contributed by atoms with Gasteiger partial charge >= 0.3 is 0 Å². The highest BCUT2D eigenvalue weighted by molar-refractivity contribution is 6.10. The van der Waals surface area contributed by atoms with Crippen molar-refractivity contribution in [3.8, 4) is 5.75 Å². The molecular formula is C26H26N6O2. The molecule has 0 atom stereocenters. The van der Waals surface area contributed by atoms with Gasteiger partial charge in [-0.05, 0) is 56.4 Å². The summed E-state index contributed by atoms with van der Waals surface area (Å²) in [6.07, 6.45) is 9.24. The molecule has 2 aromatic heterocycles. The number of aromatic hydroxyl groups is 1. The van der Waals surface area contributed by atoms with Crippen molar-refractivity contribution in [3.05, 3.63) is 71.3 Å². The zero-order chi connectivity index (χ0) is 23.5. The summed E-state index contributed by atoms with van der Waals surface area (Å²) in [5, 5.41) is 17.5. The molecule has 34 heavy (non-hydrogen) atoms. The molecule has 8 heteroatoms. The fourth-order valence-electron chi connectivity index (χ4n) is 4.26. The van der Waals surface area contributed by atoms with Crippen molar-refractivity contribution >= 4 is 40.1 Å². The maximum absolute atomic E-state index is 13.2. The number of hydrogen-bond acceptors (Lipinski definition) is 6. The molecule has 0 aliphatic heterocycles. The van der Waals surface area contributed by atoms with Gasteiger partial charge in [0.2, 0.25) is 0 Å². The Bertz CT molecular complexity index is 1440. The third kappa shape index (κ3) is 4.22. The van der Waals surface area contributed by atoms with Crippen LogP contribution in [-0.2, 0) is 0 Å². The Morgan fingerprint density at radius 1 is 1.12 bits per heavy atom. The third-order valence-corrected chi connectivity index (χ3v) is 6.07. The highest BCUT2D eigenvalue weighted by atomic mass is 16.3. The average molecular weight is 455 g/mol. The molecule has 4 aromatic rings. The molecule has 4 N–H and O–H groups in total. The van der Waals surface area contributed by atoms with E-state index in [2.05, 4.69) is 21.5 Å². The smallest absolute Gasteiger partial charge is 0.257 e. The van der Waals surface area contributed by atoms with Gasteiger partial charge < -0.3 is 16.2 Å². The minimum Gasteiger partial charge on any atom is -0.507 e. The maximum Gasteiger partial charge on any atom is 0.257 e. The van der Waals surface area contributed by atoms with Gasteiger partial charge in [0.05, 0.1) is 17.2 Å². The first-order valence-corrected chi connectivity index (χ1v) is 11.5. The van der Waals surface area contributed by atoms with Gasteiger partial charge in [-0.3, -0.25) is 4.79 Å². The number of benzene rings is 2. The van der Waals surface area contributed by atoms with Gasteiger partial charge in [-0.2, -0.15) is 9.78 Å². The van der Waals surface area contributed by atoms with E-state index in [4.69, 9.17) is 10.7 Å².